The van der Waals surface area contributed by atoms with E-state index >= 15 is 0 Å². The second kappa shape index (κ2) is 11.1. The van der Waals surface area contributed by atoms with Gasteiger partial charge >= 0.3 is 5.97 Å². The summed E-state index contributed by atoms with van der Waals surface area (Å²) >= 11 is 0. The second-order valence-electron chi connectivity index (χ2n) is 9.89. The van der Waals surface area contributed by atoms with Gasteiger partial charge in [-0.25, -0.2) is 0 Å². The Morgan fingerprint density at radius 2 is 1.58 bits per heavy atom. The SMILES string of the molecule is C[C@@H](c1ccccc1)N(Cc1ccccc1)[C@@H](CCO[Si](C)(C)C(C)(C)C)CC(=O)O. The Morgan fingerprint density at radius 1 is 1.03 bits per heavy atom. The Labute approximate surface area is 189 Å². The summed E-state index contributed by atoms with van der Waals surface area (Å²) in [5.41, 5.74) is 2.38. The summed E-state index contributed by atoms with van der Waals surface area (Å²) in [4.78, 5) is 14.1. The van der Waals surface area contributed by atoms with Gasteiger partial charge in [-0.05, 0) is 42.6 Å². The second-order valence-corrected chi connectivity index (χ2v) is 14.7. The lowest BCUT2D eigenvalue weighted by molar-refractivity contribution is -0.138. The molecule has 5 heteroatoms. The predicted molar refractivity (Wildman–Crippen MR) is 131 cm³/mol. The molecule has 0 aliphatic heterocycles. The minimum absolute atomic E-state index is 0.0960. The molecule has 0 bridgehead atoms. The molecule has 0 aliphatic carbocycles. The van der Waals surface area contributed by atoms with Crippen molar-refractivity contribution in [1.82, 2.24) is 4.90 Å². The van der Waals surface area contributed by atoms with Crippen LogP contribution >= 0.6 is 0 Å². The Morgan fingerprint density at radius 3 is 2.10 bits per heavy atom. The predicted octanol–water partition coefficient (Wildman–Crippen LogP) is 6.51. The molecule has 0 spiro atoms. The van der Waals surface area contributed by atoms with E-state index in [1.807, 2.05) is 36.4 Å². The topological polar surface area (TPSA) is 49.8 Å². The number of carboxylic acids is 1. The summed E-state index contributed by atoms with van der Waals surface area (Å²) < 4.78 is 6.41. The van der Waals surface area contributed by atoms with Crippen LogP contribution in [0.5, 0.6) is 0 Å². The average Bonchev–Trinajstić information content (AvgIpc) is 2.71. The molecule has 2 rings (SSSR count). The van der Waals surface area contributed by atoms with Crippen molar-refractivity contribution in [3.63, 3.8) is 0 Å². The van der Waals surface area contributed by atoms with Gasteiger partial charge < -0.3 is 9.53 Å². The van der Waals surface area contributed by atoms with Crippen LogP contribution in [0, 0.1) is 0 Å². The Balaban J connectivity index is 2.26. The Bertz CT molecular complexity index is 802. The van der Waals surface area contributed by atoms with E-state index in [-0.39, 0.29) is 23.5 Å². The van der Waals surface area contributed by atoms with Crippen molar-refractivity contribution < 1.29 is 14.3 Å². The van der Waals surface area contributed by atoms with E-state index in [9.17, 15) is 9.90 Å². The van der Waals surface area contributed by atoms with Crippen LogP contribution in [0.2, 0.25) is 18.1 Å². The van der Waals surface area contributed by atoms with Crippen molar-refractivity contribution in [1.29, 1.82) is 0 Å². The number of hydrogen-bond donors (Lipinski definition) is 1. The molecule has 2 aromatic rings. The maximum atomic E-state index is 11.8. The van der Waals surface area contributed by atoms with Crippen LogP contribution in [0.25, 0.3) is 0 Å². The monoisotopic (exact) mass is 441 g/mol. The van der Waals surface area contributed by atoms with E-state index in [1.165, 1.54) is 11.1 Å². The first-order valence-corrected chi connectivity index (χ1v) is 14.1. The van der Waals surface area contributed by atoms with Crippen LogP contribution in [0.4, 0.5) is 0 Å². The number of aliphatic carboxylic acids is 1. The van der Waals surface area contributed by atoms with Crippen molar-refractivity contribution in [2.45, 2.75) is 77.3 Å². The molecule has 0 aromatic heterocycles. The number of carboxylic acid groups (broad SMARTS) is 1. The minimum Gasteiger partial charge on any atom is -0.481 e. The average molecular weight is 442 g/mol. The standard InChI is InChI=1S/C26H39NO3Si/c1-21(23-15-11-8-12-16-23)27(20-22-13-9-7-10-14-22)24(19-25(28)29)17-18-30-31(5,6)26(2,3)4/h7-16,21,24H,17-20H2,1-6H3,(H,28,29)/t21-,24-/m0/s1. The fourth-order valence-corrected chi connectivity index (χ4v) is 4.61. The van der Waals surface area contributed by atoms with Gasteiger partial charge in [-0.1, -0.05) is 81.4 Å². The molecule has 4 nitrogen and oxygen atoms in total. The van der Waals surface area contributed by atoms with E-state index in [1.54, 1.807) is 0 Å². The first-order chi connectivity index (χ1) is 14.5. The number of benzene rings is 2. The Kier molecular flexibility index (Phi) is 9.04. The molecule has 170 valence electrons. The summed E-state index contributed by atoms with van der Waals surface area (Å²) in [5.74, 6) is -0.768. The minimum atomic E-state index is -1.88. The van der Waals surface area contributed by atoms with Crippen molar-refractivity contribution in [2.75, 3.05) is 6.61 Å². The van der Waals surface area contributed by atoms with Crippen LogP contribution < -0.4 is 0 Å². The smallest absolute Gasteiger partial charge is 0.304 e. The molecule has 0 unspecified atom stereocenters. The van der Waals surface area contributed by atoms with Gasteiger partial charge in [0.25, 0.3) is 0 Å². The molecule has 0 saturated heterocycles. The zero-order chi connectivity index (χ0) is 23.1. The summed E-state index contributed by atoms with van der Waals surface area (Å²) in [7, 11) is -1.88. The van der Waals surface area contributed by atoms with Gasteiger partial charge in [0.05, 0.1) is 6.42 Å². The molecular formula is C26H39NO3Si. The van der Waals surface area contributed by atoms with Crippen molar-refractivity contribution in [3.05, 3.63) is 71.8 Å². The van der Waals surface area contributed by atoms with Crippen molar-refractivity contribution in [3.8, 4) is 0 Å². The lowest BCUT2D eigenvalue weighted by Crippen LogP contribution is -2.43. The molecule has 2 aromatic carbocycles. The van der Waals surface area contributed by atoms with Crippen LogP contribution in [-0.2, 0) is 15.8 Å². The van der Waals surface area contributed by atoms with Gasteiger partial charge in [-0.3, -0.25) is 9.69 Å². The van der Waals surface area contributed by atoms with Crippen molar-refractivity contribution in [2.24, 2.45) is 0 Å². The quantitative estimate of drug-likeness (QED) is 0.404. The van der Waals surface area contributed by atoms with Gasteiger partial charge in [0.1, 0.15) is 0 Å². The zero-order valence-corrected chi connectivity index (χ0v) is 21.0. The fourth-order valence-electron chi connectivity index (χ4n) is 3.55. The summed E-state index contributed by atoms with van der Waals surface area (Å²) in [6, 6.07) is 20.6. The fraction of sp³-hybridized carbons (Fsp3) is 0.500. The molecule has 0 heterocycles. The van der Waals surface area contributed by atoms with Crippen LogP contribution in [0.1, 0.15) is 57.7 Å². The third-order valence-electron chi connectivity index (χ3n) is 6.59. The molecule has 0 fully saturated rings. The van der Waals surface area contributed by atoms with E-state index in [2.05, 4.69) is 70.0 Å². The molecule has 0 radical (unpaired) electrons. The van der Waals surface area contributed by atoms with Gasteiger partial charge in [0, 0.05) is 25.2 Å². The summed E-state index contributed by atoms with van der Waals surface area (Å²) in [5, 5.41) is 9.82. The highest BCUT2D eigenvalue weighted by molar-refractivity contribution is 6.74. The zero-order valence-electron chi connectivity index (χ0n) is 20.0. The normalized spacial score (nSPS) is 14.4. The Hall–Kier alpha value is -1.95. The van der Waals surface area contributed by atoms with Crippen LogP contribution in [0.15, 0.2) is 60.7 Å². The van der Waals surface area contributed by atoms with Gasteiger partial charge in [0.15, 0.2) is 8.32 Å². The third kappa shape index (κ3) is 7.60. The first kappa shape index (κ1) is 25.3. The molecule has 2 atom stereocenters. The largest absolute Gasteiger partial charge is 0.481 e. The van der Waals surface area contributed by atoms with E-state index in [0.29, 0.717) is 19.6 Å². The first-order valence-electron chi connectivity index (χ1n) is 11.2. The number of nitrogens with zero attached hydrogens (tertiary/aromatic N) is 1. The maximum Gasteiger partial charge on any atom is 0.304 e. The molecular weight excluding hydrogens is 402 g/mol. The summed E-state index contributed by atoms with van der Waals surface area (Å²) in [6.45, 7) is 14.6. The van der Waals surface area contributed by atoms with Crippen LogP contribution in [0.3, 0.4) is 0 Å². The van der Waals surface area contributed by atoms with Gasteiger partial charge in [0.2, 0.25) is 0 Å². The number of carbonyl (C=O) groups is 1. The van der Waals surface area contributed by atoms with Crippen molar-refractivity contribution >= 4 is 14.3 Å². The van der Waals surface area contributed by atoms with E-state index < -0.39 is 14.3 Å². The van der Waals surface area contributed by atoms with E-state index in [0.717, 1.165) is 0 Å². The number of hydrogen-bond acceptors (Lipinski definition) is 3. The maximum absolute atomic E-state index is 11.8. The molecule has 0 amide bonds. The highest BCUT2D eigenvalue weighted by Gasteiger charge is 2.37. The number of rotatable bonds is 11. The molecule has 0 aliphatic rings. The molecule has 1 N–H and O–H groups in total. The van der Waals surface area contributed by atoms with Gasteiger partial charge in [-0.2, -0.15) is 0 Å². The molecule has 0 saturated carbocycles. The third-order valence-corrected chi connectivity index (χ3v) is 11.1. The lowest BCUT2D eigenvalue weighted by Gasteiger charge is -2.39. The highest BCUT2D eigenvalue weighted by Crippen LogP contribution is 2.37. The van der Waals surface area contributed by atoms with Gasteiger partial charge in [-0.15, -0.1) is 0 Å². The highest BCUT2D eigenvalue weighted by atomic mass is 28.4. The summed E-state index contributed by atoms with van der Waals surface area (Å²) in [6.07, 6.45) is 0.799. The molecule has 31 heavy (non-hydrogen) atoms. The van der Waals surface area contributed by atoms with Crippen LogP contribution in [-0.4, -0.2) is 36.9 Å². The lowest BCUT2D eigenvalue weighted by atomic mass is 10.00. The van der Waals surface area contributed by atoms with E-state index in [4.69, 9.17) is 4.43 Å².